The quantitative estimate of drug-likeness (QED) is 0.721. The Kier molecular flexibility index (Phi) is 6.74. The lowest BCUT2D eigenvalue weighted by Crippen LogP contribution is -2.45. The number of para-hydroxylation sites is 2. The summed E-state index contributed by atoms with van der Waals surface area (Å²) in [6, 6.07) is 10.5. The number of hydrogen-bond donors (Lipinski definition) is 1. The third-order valence-corrected chi connectivity index (χ3v) is 5.30. The number of methoxy groups -OCH3 is 3. The first-order chi connectivity index (χ1) is 13.2. The molecule has 1 atom stereocenters. The molecule has 0 aliphatic heterocycles. The van der Waals surface area contributed by atoms with Crippen molar-refractivity contribution in [1.29, 1.82) is 0 Å². The van der Waals surface area contributed by atoms with E-state index in [0.29, 0.717) is 22.9 Å². The summed E-state index contributed by atoms with van der Waals surface area (Å²) in [5.74, 6) is 0.665. The molecule has 0 spiro atoms. The maximum absolute atomic E-state index is 12.9. The van der Waals surface area contributed by atoms with Gasteiger partial charge in [-0.2, -0.15) is 0 Å². The molecule has 0 saturated carbocycles. The predicted octanol–water partition coefficient (Wildman–Crippen LogP) is 2.51. The summed E-state index contributed by atoms with van der Waals surface area (Å²) < 4.78 is 41.8. The molecule has 28 heavy (non-hydrogen) atoms. The van der Waals surface area contributed by atoms with Gasteiger partial charge in [-0.1, -0.05) is 12.1 Å². The summed E-state index contributed by atoms with van der Waals surface area (Å²) in [5, 5.41) is 2.71. The van der Waals surface area contributed by atoms with Crippen LogP contribution in [-0.2, 0) is 14.8 Å². The smallest absolute Gasteiger partial charge is 0.248 e. The molecule has 1 unspecified atom stereocenters. The fourth-order valence-electron chi connectivity index (χ4n) is 2.74. The first-order valence-corrected chi connectivity index (χ1v) is 10.2. The van der Waals surface area contributed by atoms with Crippen molar-refractivity contribution in [1.82, 2.24) is 0 Å². The predicted molar refractivity (Wildman–Crippen MR) is 108 cm³/mol. The van der Waals surface area contributed by atoms with Crippen LogP contribution >= 0.6 is 0 Å². The zero-order chi connectivity index (χ0) is 20.9. The molecule has 2 rings (SSSR count). The van der Waals surface area contributed by atoms with Crippen LogP contribution in [0.2, 0.25) is 0 Å². The Morgan fingerprint density at radius 2 is 1.64 bits per heavy atom. The van der Waals surface area contributed by atoms with Gasteiger partial charge in [-0.15, -0.1) is 0 Å². The number of nitrogens with zero attached hydrogens (tertiary/aromatic N) is 1. The molecule has 0 heterocycles. The lowest BCUT2D eigenvalue weighted by Gasteiger charge is -2.29. The third kappa shape index (κ3) is 4.66. The summed E-state index contributed by atoms with van der Waals surface area (Å²) in [4.78, 5) is 12.9. The third-order valence-electron chi connectivity index (χ3n) is 4.08. The van der Waals surface area contributed by atoms with Crippen molar-refractivity contribution in [3.8, 4) is 17.2 Å². The van der Waals surface area contributed by atoms with Gasteiger partial charge in [0.05, 0.1) is 39.0 Å². The summed E-state index contributed by atoms with van der Waals surface area (Å²) in [6.45, 7) is 1.49. The van der Waals surface area contributed by atoms with Gasteiger partial charge in [-0.3, -0.25) is 9.10 Å². The number of rotatable bonds is 8. The van der Waals surface area contributed by atoms with E-state index in [9.17, 15) is 13.2 Å². The minimum Gasteiger partial charge on any atom is -0.497 e. The van der Waals surface area contributed by atoms with Gasteiger partial charge < -0.3 is 19.5 Å². The van der Waals surface area contributed by atoms with Gasteiger partial charge >= 0.3 is 0 Å². The van der Waals surface area contributed by atoms with Crippen molar-refractivity contribution in [2.45, 2.75) is 13.0 Å². The first-order valence-electron chi connectivity index (χ1n) is 8.38. The topological polar surface area (TPSA) is 94.2 Å². The summed E-state index contributed by atoms with van der Waals surface area (Å²) in [6.07, 6.45) is 1.03. The highest BCUT2D eigenvalue weighted by molar-refractivity contribution is 7.92. The van der Waals surface area contributed by atoms with Gasteiger partial charge in [0.15, 0.2) is 0 Å². The van der Waals surface area contributed by atoms with Crippen molar-refractivity contribution in [2.75, 3.05) is 37.2 Å². The number of carbonyl (C=O) groups is 1. The molecule has 0 saturated heterocycles. The van der Waals surface area contributed by atoms with Crippen LogP contribution in [0.1, 0.15) is 6.92 Å². The Morgan fingerprint density at radius 1 is 1.00 bits per heavy atom. The van der Waals surface area contributed by atoms with Crippen LogP contribution in [0, 0.1) is 0 Å². The minimum absolute atomic E-state index is 0.201. The molecule has 2 aromatic carbocycles. The molecule has 1 amide bonds. The minimum atomic E-state index is -3.82. The molecule has 9 heteroatoms. The summed E-state index contributed by atoms with van der Waals surface area (Å²) in [5.41, 5.74) is 0.639. The fourth-order valence-corrected chi connectivity index (χ4v) is 3.91. The monoisotopic (exact) mass is 408 g/mol. The second kappa shape index (κ2) is 8.83. The van der Waals surface area contributed by atoms with Crippen molar-refractivity contribution in [3.63, 3.8) is 0 Å². The van der Waals surface area contributed by atoms with E-state index in [4.69, 9.17) is 14.2 Å². The van der Waals surface area contributed by atoms with E-state index < -0.39 is 22.0 Å². The van der Waals surface area contributed by atoms with Crippen molar-refractivity contribution < 1.29 is 27.4 Å². The zero-order valence-electron chi connectivity index (χ0n) is 16.4. The van der Waals surface area contributed by atoms with E-state index in [1.165, 1.54) is 34.3 Å². The van der Waals surface area contributed by atoms with Crippen molar-refractivity contribution in [2.24, 2.45) is 0 Å². The van der Waals surface area contributed by atoms with Gasteiger partial charge in [-0.25, -0.2) is 8.42 Å². The normalized spacial score (nSPS) is 12.0. The molecule has 0 bridgehead atoms. The molecular weight excluding hydrogens is 384 g/mol. The molecule has 0 aliphatic carbocycles. The molecule has 1 N–H and O–H groups in total. The van der Waals surface area contributed by atoms with Crippen molar-refractivity contribution >= 4 is 27.3 Å². The zero-order valence-corrected chi connectivity index (χ0v) is 17.2. The number of anilines is 2. The average molecular weight is 408 g/mol. The largest absolute Gasteiger partial charge is 0.497 e. The van der Waals surface area contributed by atoms with E-state index in [-0.39, 0.29) is 5.69 Å². The number of benzene rings is 2. The molecule has 0 aromatic heterocycles. The number of nitrogens with one attached hydrogen (secondary N) is 1. The summed E-state index contributed by atoms with van der Waals surface area (Å²) in [7, 11) is 0.551. The Morgan fingerprint density at radius 3 is 2.21 bits per heavy atom. The number of hydrogen-bond acceptors (Lipinski definition) is 6. The highest BCUT2D eigenvalue weighted by Gasteiger charge is 2.32. The van der Waals surface area contributed by atoms with Gasteiger partial charge in [0.25, 0.3) is 0 Å². The number of carbonyl (C=O) groups excluding carboxylic acids is 1. The van der Waals surface area contributed by atoms with Crippen LogP contribution in [0.5, 0.6) is 17.2 Å². The molecule has 0 radical (unpaired) electrons. The van der Waals surface area contributed by atoms with E-state index in [1.807, 2.05) is 0 Å². The fraction of sp³-hybridized carbons (Fsp3) is 0.316. The maximum Gasteiger partial charge on any atom is 0.248 e. The van der Waals surface area contributed by atoms with Gasteiger partial charge in [0.1, 0.15) is 23.3 Å². The number of sulfonamides is 1. The number of ether oxygens (including phenoxy) is 3. The highest BCUT2D eigenvalue weighted by Crippen LogP contribution is 2.35. The van der Waals surface area contributed by atoms with Crippen LogP contribution in [0.3, 0.4) is 0 Å². The van der Waals surface area contributed by atoms with E-state index in [0.717, 1.165) is 10.6 Å². The van der Waals surface area contributed by atoms with E-state index >= 15 is 0 Å². The molecular formula is C19H24N2O6S. The molecule has 2 aromatic rings. The second-order valence-electron chi connectivity index (χ2n) is 5.96. The van der Waals surface area contributed by atoms with Crippen LogP contribution in [0.4, 0.5) is 11.4 Å². The highest BCUT2D eigenvalue weighted by atomic mass is 32.2. The van der Waals surface area contributed by atoms with E-state index in [1.54, 1.807) is 36.4 Å². The van der Waals surface area contributed by atoms with Gasteiger partial charge in [0, 0.05) is 6.07 Å². The molecule has 8 nitrogen and oxygen atoms in total. The van der Waals surface area contributed by atoms with Crippen LogP contribution in [0.15, 0.2) is 42.5 Å². The van der Waals surface area contributed by atoms with Crippen LogP contribution in [0.25, 0.3) is 0 Å². The first kappa shape index (κ1) is 21.4. The Balaban J connectivity index is 2.45. The lowest BCUT2D eigenvalue weighted by molar-refractivity contribution is -0.116. The Hall–Kier alpha value is -2.94. The van der Waals surface area contributed by atoms with E-state index in [2.05, 4.69) is 5.32 Å². The standard InChI is InChI=1S/C19H24N2O6S/c1-13(19(22)20-15-8-6-7-9-17(15)26-3)21(28(5,23)24)16-12-14(25-2)10-11-18(16)27-4/h6-13H,1-5H3,(H,20,22). The SMILES string of the molecule is COc1ccc(OC)c(N(C(C)C(=O)Nc2ccccc2OC)S(C)(=O)=O)c1. The van der Waals surface area contributed by atoms with Gasteiger partial charge in [-0.05, 0) is 31.2 Å². The summed E-state index contributed by atoms with van der Waals surface area (Å²) >= 11 is 0. The van der Waals surface area contributed by atoms with Crippen LogP contribution < -0.4 is 23.8 Å². The average Bonchev–Trinajstić information content (AvgIpc) is 2.67. The Labute approximate surface area is 165 Å². The lowest BCUT2D eigenvalue weighted by atomic mass is 10.2. The second-order valence-corrected chi connectivity index (χ2v) is 7.82. The van der Waals surface area contributed by atoms with Crippen LogP contribution in [-0.4, -0.2) is 48.0 Å². The molecule has 0 fully saturated rings. The maximum atomic E-state index is 12.9. The molecule has 152 valence electrons. The number of amides is 1. The van der Waals surface area contributed by atoms with Crippen molar-refractivity contribution in [3.05, 3.63) is 42.5 Å². The molecule has 0 aliphatic rings. The Bertz CT molecular complexity index is 945. The van der Waals surface area contributed by atoms with Gasteiger partial charge in [0.2, 0.25) is 15.9 Å².